The molecule has 2 heterocycles. The van der Waals surface area contributed by atoms with Gasteiger partial charge < -0.3 is 9.80 Å². The molecule has 2 amide bonds. The second-order valence-corrected chi connectivity index (χ2v) is 12.1. The van der Waals surface area contributed by atoms with Crippen LogP contribution in [-0.2, 0) is 16.4 Å². The zero-order valence-electron chi connectivity index (χ0n) is 20.8. The van der Waals surface area contributed by atoms with Gasteiger partial charge in [-0.15, -0.1) is 0 Å². The number of hydrogen-bond acceptors (Lipinski definition) is 4. The van der Waals surface area contributed by atoms with Crippen LogP contribution < -0.4 is 4.90 Å². The molecule has 1 saturated heterocycles. The minimum atomic E-state index is -3.98. The molecule has 2 aliphatic heterocycles. The zero-order chi connectivity index (χ0) is 25.6. The van der Waals surface area contributed by atoms with E-state index in [0.29, 0.717) is 30.5 Å². The van der Waals surface area contributed by atoms with Crippen LogP contribution >= 0.6 is 0 Å². The SMILES string of the molecule is Cc1cccc(CN2C(=O)c3ccccc3S(=O)(=O)c3ccc(C(=O)N4C[C@H](C)C[C@@H](C)C4)cc32)c1. The molecule has 6 nitrogen and oxygen atoms in total. The Hall–Kier alpha value is -3.45. The summed E-state index contributed by atoms with van der Waals surface area (Å²) >= 11 is 0. The number of carbonyl (C=O) groups is 2. The van der Waals surface area contributed by atoms with Crippen LogP contribution in [0, 0.1) is 18.8 Å². The van der Waals surface area contributed by atoms with Crippen molar-refractivity contribution in [1.82, 2.24) is 4.90 Å². The number of carbonyl (C=O) groups excluding carboxylic acids is 2. The summed E-state index contributed by atoms with van der Waals surface area (Å²) in [5.74, 6) is 0.248. The maximum Gasteiger partial charge on any atom is 0.259 e. The quantitative estimate of drug-likeness (QED) is 0.499. The van der Waals surface area contributed by atoms with Gasteiger partial charge in [-0.3, -0.25) is 9.59 Å². The third-order valence-electron chi connectivity index (χ3n) is 7.02. The molecule has 0 unspecified atom stereocenters. The topological polar surface area (TPSA) is 74.8 Å². The lowest BCUT2D eigenvalue weighted by molar-refractivity contribution is 0.0623. The molecule has 0 N–H and O–H groups in total. The predicted molar refractivity (Wildman–Crippen MR) is 139 cm³/mol. The smallest absolute Gasteiger partial charge is 0.259 e. The number of benzene rings is 3. The molecule has 5 rings (SSSR count). The van der Waals surface area contributed by atoms with E-state index in [1.54, 1.807) is 30.3 Å². The maximum absolute atomic E-state index is 13.8. The predicted octanol–water partition coefficient (Wildman–Crippen LogP) is 5.11. The average Bonchev–Trinajstić information content (AvgIpc) is 2.91. The molecule has 0 spiro atoms. The first-order valence-corrected chi connectivity index (χ1v) is 13.8. The first kappa shape index (κ1) is 24.3. The Labute approximate surface area is 212 Å². The fourth-order valence-corrected chi connectivity index (χ4v) is 7.13. The summed E-state index contributed by atoms with van der Waals surface area (Å²) in [5.41, 5.74) is 2.68. The van der Waals surface area contributed by atoms with Gasteiger partial charge in [0.05, 0.1) is 27.6 Å². The molecule has 186 valence electrons. The second-order valence-electron chi connectivity index (χ2n) is 10.2. The van der Waals surface area contributed by atoms with Crippen LogP contribution in [0.5, 0.6) is 0 Å². The lowest BCUT2D eigenvalue weighted by Gasteiger charge is -2.35. The molecular weight excluding hydrogens is 472 g/mol. The first-order chi connectivity index (χ1) is 17.1. The van der Waals surface area contributed by atoms with Gasteiger partial charge in [0.25, 0.3) is 11.8 Å². The second kappa shape index (κ2) is 9.21. The van der Waals surface area contributed by atoms with E-state index in [1.807, 2.05) is 36.1 Å². The van der Waals surface area contributed by atoms with Gasteiger partial charge in [-0.25, -0.2) is 8.42 Å². The standard InChI is InChI=1S/C29H30N2O4S/c1-19-7-6-8-22(14-19)18-31-25-15-23(28(32)30-16-20(2)13-21(3)17-30)11-12-27(25)36(34,35)26-10-5-4-9-24(26)29(31)33/h4-12,14-15,20-21H,13,16-18H2,1-3H3/t20-,21-/m1/s1. The third kappa shape index (κ3) is 4.32. The molecule has 0 radical (unpaired) electrons. The Morgan fingerprint density at radius 3 is 2.36 bits per heavy atom. The van der Waals surface area contributed by atoms with Crippen molar-refractivity contribution in [3.05, 3.63) is 89.0 Å². The Balaban J connectivity index is 1.65. The molecular formula is C29H30N2O4S. The largest absolute Gasteiger partial charge is 0.338 e. The fourth-order valence-electron chi connectivity index (χ4n) is 5.50. The van der Waals surface area contributed by atoms with E-state index in [-0.39, 0.29) is 33.5 Å². The fraction of sp³-hybridized carbons (Fsp3) is 0.310. The average molecular weight is 503 g/mol. The van der Waals surface area contributed by atoms with Crippen molar-refractivity contribution in [1.29, 1.82) is 0 Å². The van der Waals surface area contributed by atoms with Gasteiger partial charge in [-0.05, 0) is 61.1 Å². The number of sulfone groups is 1. The number of amides is 2. The highest BCUT2D eigenvalue weighted by Gasteiger charge is 2.36. The maximum atomic E-state index is 13.8. The highest BCUT2D eigenvalue weighted by molar-refractivity contribution is 7.91. The molecule has 3 aromatic carbocycles. The lowest BCUT2D eigenvalue weighted by Crippen LogP contribution is -2.42. The summed E-state index contributed by atoms with van der Waals surface area (Å²) in [6, 6.07) is 18.7. The van der Waals surface area contributed by atoms with Gasteiger partial charge in [-0.2, -0.15) is 0 Å². The van der Waals surface area contributed by atoms with E-state index in [2.05, 4.69) is 13.8 Å². The van der Waals surface area contributed by atoms with Gasteiger partial charge in [0.1, 0.15) is 0 Å². The Bertz CT molecular complexity index is 1450. The molecule has 36 heavy (non-hydrogen) atoms. The van der Waals surface area contributed by atoms with Gasteiger partial charge in [0, 0.05) is 18.7 Å². The molecule has 0 aromatic heterocycles. The van der Waals surface area contributed by atoms with E-state index in [0.717, 1.165) is 17.5 Å². The Morgan fingerprint density at radius 2 is 1.64 bits per heavy atom. The van der Waals surface area contributed by atoms with Crippen LogP contribution in [0.1, 0.15) is 52.1 Å². The number of rotatable bonds is 3. The summed E-state index contributed by atoms with van der Waals surface area (Å²) in [6.45, 7) is 7.76. The van der Waals surface area contributed by atoms with Crippen molar-refractivity contribution in [2.24, 2.45) is 11.8 Å². The van der Waals surface area contributed by atoms with Crippen LogP contribution in [0.3, 0.4) is 0 Å². The molecule has 2 aliphatic rings. The molecule has 2 atom stereocenters. The zero-order valence-corrected chi connectivity index (χ0v) is 21.6. The Kier molecular flexibility index (Phi) is 6.20. The van der Waals surface area contributed by atoms with E-state index in [9.17, 15) is 18.0 Å². The first-order valence-electron chi connectivity index (χ1n) is 12.3. The molecule has 0 saturated carbocycles. The third-order valence-corrected chi connectivity index (χ3v) is 8.88. The summed E-state index contributed by atoms with van der Waals surface area (Å²) in [6.07, 6.45) is 1.07. The molecule has 7 heteroatoms. The number of fused-ring (bicyclic) bond motifs is 2. The van der Waals surface area contributed by atoms with Crippen LogP contribution in [0.2, 0.25) is 0 Å². The minimum absolute atomic E-state index is 0.0132. The summed E-state index contributed by atoms with van der Waals surface area (Å²) in [7, 11) is -3.98. The van der Waals surface area contributed by atoms with Crippen molar-refractivity contribution in [3.8, 4) is 0 Å². The van der Waals surface area contributed by atoms with E-state index < -0.39 is 15.7 Å². The number of piperidine rings is 1. The van der Waals surface area contributed by atoms with Gasteiger partial charge >= 0.3 is 0 Å². The number of aryl methyl sites for hydroxylation is 1. The minimum Gasteiger partial charge on any atom is -0.338 e. The van der Waals surface area contributed by atoms with Crippen LogP contribution in [0.4, 0.5) is 5.69 Å². The number of likely N-dealkylation sites (tertiary alicyclic amines) is 1. The van der Waals surface area contributed by atoms with Crippen LogP contribution in [0.15, 0.2) is 76.5 Å². The van der Waals surface area contributed by atoms with Crippen LogP contribution in [0.25, 0.3) is 0 Å². The van der Waals surface area contributed by atoms with Crippen molar-refractivity contribution in [2.75, 3.05) is 18.0 Å². The van der Waals surface area contributed by atoms with E-state index >= 15 is 0 Å². The monoisotopic (exact) mass is 502 g/mol. The van der Waals surface area contributed by atoms with Gasteiger partial charge in [0.2, 0.25) is 9.84 Å². The van der Waals surface area contributed by atoms with Crippen LogP contribution in [-0.4, -0.2) is 38.2 Å². The molecule has 1 fully saturated rings. The Morgan fingerprint density at radius 1 is 0.917 bits per heavy atom. The van der Waals surface area contributed by atoms with Crippen molar-refractivity contribution in [3.63, 3.8) is 0 Å². The lowest BCUT2D eigenvalue weighted by atomic mass is 9.91. The number of hydrogen-bond donors (Lipinski definition) is 0. The number of anilines is 1. The van der Waals surface area contributed by atoms with Crippen molar-refractivity contribution >= 4 is 27.3 Å². The highest BCUT2D eigenvalue weighted by Crippen LogP contribution is 2.38. The van der Waals surface area contributed by atoms with E-state index in [1.165, 1.54) is 17.0 Å². The molecule has 0 bridgehead atoms. The summed E-state index contributed by atoms with van der Waals surface area (Å²) < 4.78 is 27.4. The van der Waals surface area contributed by atoms with Crippen molar-refractivity contribution < 1.29 is 18.0 Å². The summed E-state index contributed by atoms with van der Waals surface area (Å²) in [5, 5.41) is 0. The highest BCUT2D eigenvalue weighted by atomic mass is 32.2. The molecule has 3 aromatic rings. The molecule has 0 aliphatic carbocycles. The normalized spacial score (nSPS) is 20.9. The van der Waals surface area contributed by atoms with E-state index in [4.69, 9.17) is 0 Å². The van der Waals surface area contributed by atoms with Crippen molar-refractivity contribution in [2.45, 2.75) is 43.5 Å². The van der Waals surface area contributed by atoms with Gasteiger partial charge in [-0.1, -0.05) is 55.8 Å². The summed E-state index contributed by atoms with van der Waals surface area (Å²) in [4.78, 5) is 30.7. The van der Waals surface area contributed by atoms with Gasteiger partial charge in [0.15, 0.2) is 0 Å². The number of nitrogens with zero attached hydrogens (tertiary/aromatic N) is 2.